The highest BCUT2D eigenvalue weighted by atomic mass is 19.1. The topological polar surface area (TPSA) is 4.93 Å². The Hall–Kier alpha value is -3.39. The van der Waals surface area contributed by atoms with Crippen LogP contribution in [-0.4, -0.2) is 4.57 Å². The monoisotopic (exact) mass is 575 g/mol. The highest BCUT2D eigenvalue weighted by Crippen LogP contribution is 2.42. The van der Waals surface area contributed by atoms with Gasteiger partial charge in [-0.2, -0.15) is 0 Å². The molecular formula is C41H50FN. The van der Waals surface area contributed by atoms with Crippen LogP contribution in [-0.2, 0) is 16.2 Å². The Labute approximate surface area is 259 Å². The van der Waals surface area contributed by atoms with Gasteiger partial charge in [-0.1, -0.05) is 113 Å². The Morgan fingerprint density at radius 2 is 1.07 bits per heavy atom. The third-order valence-electron chi connectivity index (χ3n) is 8.80. The predicted octanol–water partition coefficient (Wildman–Crippen LogP) is 12.2. The SMILES string of the molecule is Cc1cc(F)cc(-c2cc(-n3c4cc(C(C)(C)C)ccc4c4ccc(C(C)(C)C)cc43)cc(C(C)(C)CC(C)(C)C)c2)c1. The summed E-state index contributed by atoms with van der Waals surface area (Å²) < 4.78 is 17.2. The Kier molecular flexibility index (Phi) is 7.48. The number of halogens is 1. The predicted molar refractivity (Wildman–Crippen MR) is 185 cm³/mol. The van der Waals surface area contributed by atoms with E-state index in [2.05, 4.69) is 141 Å². The molecule has 0 radical (unpaired) electrons. The second-order valence-corrected chi connectivity index (χ2v) is 16.7. The van der Waals surface area contributed by atoms with Crippen LogP contribution in [0, 0.1) is 18.2 Å². The number of rotatable bonds is 4. The standard InChI is InChI=1S/C41H50FN/c1-26-17-27(20-32(42)18-26)28-19-31(41(11,12)25-38(2,3)4)22-33(21-28)43-36-23-29(39(5,6)7)13-15-34(36)35-16-14-30(24-37(35)43)40(8,9)10/h13-24H,25H2,1-12H3. The largest absolute Gasteiger partial charge is 0.309 e. The van der Waals surface area contributed by atoms with Gasteiger partial charge in [0.05, 0.1) is 11.0 Å². The van der Waals surface area contributed by atoms with E-state index >= 15 is 0 Å². The minimum Gasteiger partial charge on any atom is -0.309 e. The summed E-state index contributed by atoms with van der Waals surface area (Å²) >= 11 is 0. The van der Waals surface area contributed by atoms with Gasteiger partial charge in [-0.05, 0) is 105 Å². The van der Waals surface area contributed by atoms with Gasteiger partial charge in [0.15, 0.2) is 0 Å². The molecule has 0 saturated carbocycles. The minimum atomic E-state index is -0.197. The van der Waals surface area contributed by atoms with Gasteiger partial charge in [0.2, 0.25) is 0 Å². The number of nitrogens with zero attached hydrogens (tertiary/aromatic N) is 1. The molecule has 0 aliphatic heterocycles. The van der Waals surface area contributed by atoms with Gasteiger partial charge in [0, 0.05) is 16.5 Å². The van der Waals surface area contributed by atoms with Crippen LogP contribution in [0.1, 0.15) is 105 Å². The zero-order valence-corrected chi connectivity index (χ0v) is 28.5. The van der Waals surface area contributed by atoms with Crippen LogP contribution in [0.2, 0.25) is 0 Å². The van der Waals surface area contributed by atoms with Crippen molar-refractivity contribution in [2.24, 2.45) is 5.41 Å². The van der Waals surface area contributed by atoms with E-state index in [1.54, 1.807) is 12.1 Å². The fraction of sp³-hybridized carbons (Fsp3) is 0.415. The molecule has 2 heteroatoms. The van der Waals surface area contributed by atoms with Crippen LogP contribution in [0.3, 0.4) is 0 Å². The Balaban J connectivity index is 1.91. The normalized spacial score (nSPS) is 13.3. The lowest BCUT2D eigenvalue weighted by Crippen LogP contribution is -2.25. The molecule has 5 aromatic rings. The summed E-state index contributed by atoms with van der Waals surface area (Å²) in [5.74, 6) is -0.197. The van der Waals surface area contributed by atoms with Gasteiger partial charge in [-0.15, -0.1) is 0 Å². The first-order chi connectivity index (χ1) is 19.7. The molecule has 43 heavy (non-hydrogen) atoms. The molecule has 5 rings (SSSR count). The van der Waals surface area contributed by atoms with Crippen molar-refractivity contribution in [1.82, 2.24) is 4.57 Å². The first-order valence-corrected chi connectivity index (χ1v) is 15.8. The highest BCUT2D eigenvalue weighted by molar-refractivity contribution is 6.09. The lowest BCUT2D eigenvalue weighted by atomic mass is 9.72. The fourth-order valence-electron chi connectivity index (χ4n) is 6.86. The van der Waals surface area contributed by atoms with E-state index in [4.69, 9.17) is 0 Å². The molecule has 0 aliphatic rings. The molecule has 0 N–H and O–H groups in total. The zero-order chi connectivity index (χ0) is 31.7. The number of aryl methyl sites for hydroxylation is 1. The van der Waals surface area contributed by atoms with E-state index in [-0.39, 0.29) is 27.5 Å². The van der Waals surface area contributed by atoms with Crippen LogP contribution in [0.4, 0.5) is 4.39 Å². The van der Waals surface area contributed by atoms with Crippen LogP contribution in [0.25, 0.3) is 38.6 Å². The molecule has 1 aromatic heterocycles. The van der Waals surface area contributed by atoms with Crippen molar-refractivity contribution >= 4 is 21.8 Å². The smallest absolute Gasteiger partial charge is 0.124 e. The maximum absolute atomic E-state index is 14.8. The van der Waals surface area contributed by atoms with E-state index < -0.39 is 0 Å². The van der Waals surface area contributed by atoms with Gasteiger partial charge in [-0.3, -0.25) is 0 Å². The number of fused-ring (bicyclic) bond motifs is 3. The average molecular weight is 576 g/mol. The van der Waals surface area contributed by atoms with Gasteiger partial charge < -0.3 is 4.57 Å². The molecule has 0 fully saturated rings. The van der Waals surface area contributed by atoms with Crippen LogP contribution < -0.4 is 0 Å². The van der Waals surface area contributed by atoms with Gasteiger partial charge in [0.1, 0.15) is 5.82 Å². The third kappa shape index (κ3) is 6.30. The number of benzene rings is 4. The van der Waals surface area contributed by atoms with Crippen LogP contribution in [0.5, 0.6) is 0 Å². The fourth-order valence-corrected chi connectivity index (χ4v) is 6.86. The van der Waals surface area contributed by atoms with Crippen molar-refractivity contribution in [2.45, 2.75) is 106 Å². The second-order valence-electron chi connectivity index (χ2n) is 16.7. The Bertz CT molecular complexity index is 1740. The van der Waals surface area contributed by atoms with E-state index in [0.717, 1.165) is 28.8 Å². The van der Waals surface area contributed by atoms with Gasteiger partial charge >= 0.3 is 0 Å². The summed E-state index contributed by atoms with van der Waals surface area (Å²) in [6, 6.07) is 26.2. The molecule has 1 nitrogen and oxygen atoms in total. The zero-order valence-electron chi connectivity index (χ0n) is 28.5. The van der Waals surface area contributed by atoms with E-state index in [1.165, 1.54) is 38.5 Å². The number of hydrogen-bond donors (Lipinski definition) is 0. The summed E-state index contributed by atoms with van der Waals surface area (Å²) in [5.41, 5.74) is 10.4. The van der Waals surface area contributed by atoms with Crippen molar-refractivity contribution in [3.63, 3.8) is 0 Å². The van der Waals surface area contributed by atoms with Gasteiger partial charge in [-0.25, -0.2) is 4.39 Å². The number of aromatic nitrogens is 1. The Morgan fingerprint density at radius 3 is 1.53 bits per heavy atom. The summed E-state index contributed by atoms with van der Waals surface area (Å²) in [6.07, 6.45) is 1.03. The van der Waals surface area contributed by atoms with Crippen LogP contribution >= 0.6 is 0 Å². The quantitative estimate of drug-likeness (QED) is 0.201. The van der Waals surface area contributed by atoms with E-state index in [9.17, 15) is 4.39 Å². The molecule has 0 unspecified atom stereocenters. The first-order valence-electron chi connectivity index (χ1n) is 15.8. The average Bonchev–Trinajstić information content (AvgIpc) is 3.18. The lowest BCUT2D eigenvalue weighted by Gasteiger charge is -2.34. The molecule has 0 spiro atoms. The minimum absolute atomic E-state index is 0.0207. The van der Waals surface area contributed by atoms with Crippen molar-refractivity contribution in [3.8, 4) is 16.8 Å². The summed E-state index contributed by atoms with van der Waals surface area (Å²) in [5, 5.41) is 2.51. The molecule has 4 aromatic carbocycles. The van der Waals surface area contributed by atoms with Crippen molar-refractivity contribution in [3.05, 3.63) is 101 Å². The van der Waals surface area contributed by atoms with Crippen molar-refractivity contribution in [2.75, 3.05) is 0 Å². The summed E-state index contributed by atoms with van der Waals surface area (Å²) in [6.45, 7) is 27.3. The highest BCUT2D eigenvalue weighted by Gasteiger charge is 2.29. The number of hydrogen-bond acceptors (Lipinski definition) is 0. The van der Waals surface area contributed by atoms with Gasteiger partial charge in [0.25, 0.3) is 0 Å². The van der Waals surface area contributed by atoms with E-state index in [0.29, 0.717) is 0 Å². The molecule has 226 valence electrons. The van der Waals surface area contributed by atoms with E-state index in [1.807, 2.05) is 6.92 Å². The third-order valence-corrected chi connectivity index (χ3v) is 8.80. The molecule has 0 aliphatic carbocycles. The molecular weight excluding hydrogens is 525 g/mol. The molecule has 0 saturated heterocycles. The van der Waals surface area contributed by atoms with Crippen molar-refractivity contribution in [1.29, 1.82) is 0 Å². The molecule has 0 bridgehead atoms. The lowest BCUT2D eigenvalue weighted by molar-refractivity contribution is 0.284. The summed E-state index contributed by atoms with van der Waals surface area (Å²) in [7, 11) is 0. The maximum Gasteiger partial charge on any atom is 0.124 e. The molecule has 0 atom stereocenters. The molecule has 0 amide bonds. The van der Waals surface area contributed by atoms with Crippen LogP contribution in [0.15, 0.2) is 72.8 Å². The summed E-state index contributed by atoms with van der Waals surface area (Å²) in [4.78, 5) is 0. The van der Waals surface area contributed by atoms with Crippen molar-refractivity contribution < 1.29 is 4.39 Å². The molecule has 1 heterocycles. The second kappa shape index (κ2) is 10.4. The first kappa shape index (κ1) is 31.0. The maximum atomic E-state index is 14.8. The Morgan fingerprint density at radius 1 is 0.558 bits per heavy atom.